The Hall–Kier alpha value is -2.83. The van der Waals surface area contributed by atoms with E-state index in [2.05, 4.69) is 34.5 Å². The van der Waals surface area contributed by atoms with Gasteiger partial charge in [-0.05, 0) is 31.5 Å². The third kappa shape index (κ3) is 4.58. The Labute approximate surface area is 141 Å². The van der Waals surface area contributed by atoms with Crippen molar-refractivity contribution < 1.29 is 9.59 Å². The third-order valence-corrected chi connectivity index (χ3v) is 3.68. The molecule has 0 aliphatic heterocycles. The summed E-state index contributed by atoms with van der Waals surface area (Å²) in [5.74, 6) is -1.07. The summed E-state index contributed by atoms with van der Waals surface area (Å²) in [6.07, 6.45) is 1.69. The van der Waals surface area contributed by atoms with Crippen LogP contribution in [-0.4, -0.2) is 34.7 Å². The average molecular weight is 329 g/mol. The lowest BCUT2D eigenvalue weighted by atomic mass is 10.2. The molecule has 0 aliphatic rings. The van der Waals surface area contributed by atoms with Gasteiger partial charge in [0, 0.05) is 44.6 Å². The molecule has 24 heavy (non-hydrogen) atoms. The third-order valence-electron chi connectivity index (χ3n) is 3.68. The number of rotatable bonds is 6. The smallest absolute Gasteiger partial charge is 0.314 e. The van der Waals surface area contributed by atoms with Crippen LogP contribution in [0.25, 0.3) is 0 Å². The van der Waals surface area contributed by atoms with E-state index in [9.17, 15) is 9.59 Å². The van der Waals surface area contributed by atoms with Crippen molar-refractivity contribution in [3.05, 3.63) is 42.1 Å². The number of nitrogens with zero attached hydrogens (tertiary/aromatic N) is 3. The van der Waals surface area contributed by atoms with E-state index in [-0.39, 0.29) is 0 Å². The van der Waals surface area contributed by atoms with Gasteiger partial charge in [0.2, 0.25) is 0 Å². The van der Waals surface area contributed by atoms with Gasteiger partial charge in [-0.15, -0.1) is 0 Å². The highest BCUT2D eigenvalue weighted by molar-refractivity contribution is 6.39. The zero-order valence-electron chi connectivity index (χ0n) is 14.2. The zero-order chi connectivity index (χ0) is 17.5. The molecule has 7 heteroatoms. The maximum absolute atomic E-state index is 11.8. The normalized spacial score (nSPS) is 10.3. The van der Waals surface area contributed by atoms with E-state index in [1.165, 1.54) is 0 Å². The molecule has 2 aromatic rings. The number of aromatic nitrogens is 2. The lowest BCUT2D eigenvalue weighted by Crippen LogP contribution is -2.35. The van der Waals surface area contributed by atoms with Crippen molar-refractivity contribution in [1.82, 2.24) is 15.1 Å². The molecule has 2 amide bonds. The number of hydrogen-bond acceptors (Lipinski definition) is 4. The fourth-order valence-corrected chi connectivity index (χ4v) is 2.33. The largest absolute Gasteiger partial charge is 0.372 e. The summed E-state index contributed by atoms with van der Waals surface area (Å²) < 4.78 is 1.55. The highest BCUT2D eigenvalue weighted by atomic mass is 16.2. The summed E-state index contributed by atoms with van der Waals surface area (Å²) in [6, 6.07) is 9.55. The van der Waals surface area contributed by atoms with Crippen LogP contribution < -0.4 is 15.5 Å². The van der Waals surface area contributed by atoms with E-state index in [0.717, 1.165) is 24.3 Å². The van der Waals surface area contributed by atoms with Gasteiger partial charge < -0.3 is 15.5 Å². The molecular weight excluding hydrogens is 306 g/mol. The van der Waals surface area contributed by atoms with E-state index < -0.39 is 11.8 Å². The molecule has 0 saturated heterocycles. The monoisotopic (exact) mass is 329 g/mol. The lowest BCUT2D eigenvalue weighted by molar-refractivity contribution is -0.136. The maximum Gasteiger partial charge on any atom is 0.314 e. The van der Waals surface area contributed by atoms with E-state index >= 15 is 0 Å². The molecule has 128 valence electrons. The molecule has 0 fully saturated rings. The number of nitrogens with one attached hydrogen (secondary N) is 2. The van der Waals surface area contributed by atoms with Gasteiger partial charge in [-0.25, -0.2) is 0 Å². The molecule has 2 N–H and O–H groups in total. The minimum absolute atomic E-state index is 0.299. The van der Waals surface area contributed by atoms with Gasteiger partial charge in [0.05, 0.1) is 0 Å². The SMILES string of the molecule is CCN(CC)c1ccc(CNC(=O)C(=O)Nc2ccn(C)n2)cc1. The predicted molar refractivity (Wildman–Crippen MR) is 93.7 cm³/mol. The Morgan fingerprint density at radius 1 is 1.08 bits per heavy atom. The van der Waals surface area contributed by atoms with Gasteiger partial charge in [-0.3, -0.25) is 14.3 Å². The summed E-state index contributed by atoms with van der Waals surface area (Å²) in [4.78, 5) is 25.9. The Bertz CT molecular complexity index is 689. The summed E-state index contributed by atoms with van der Waals surface area (Å²) in [6.45, 7) is 6.41. The van der Waals surface area contributed by atoms with Crippen molar-refractivity contribution in [3.63, 3.8) is 0 Å². The average Bonchev–Trinajstić information content (AvgIpc) is 2.99. The molecule has 2 rings (SSSR count). The molecule has 0 bridgehead atoms. The van der Waals surface area contributed by atoms with E-state index in [4.69, 9.17) is 0 Å². The number of anilines is 2. The first-order valence-electron chi connectivity index (χ1n) is 7.96. The van der Waals surface area contributed by atoms with Gasteiger partial charge in [0.15, 0.2) is 5.82 Å². The van der Waals surface area contributed by atoms with Crippen molar-refractivity contribution in [3.8, 4) is 0 Å². The molecular formula is C17H23N5O2. The quantitative estimate of drug-likeness (QED) is 0.788. The predicted octanol–water partition coefficient (Wildman–Crippen LogP) is 1.52. The number of hydrogen-bond donors (Lipinski definition) is 2. The molecule has 7 nitrogen and oxygen atoms in total. The highest BCUT2D eigenvalue weighted by Gasteiger charge is 2.14. The Morgan fingerprint density at radius 2 is 1.75 bits per heavy atom. The molecule has 0 spiro atoms. The Balaban J connectivity index is 1.85. The second kappa shape index (κ2) is 8.14. The Kier molecular flexibility index (Phi) is 5.95. The van der Waals surface area contributed by atoms with Crippen LogP contribution in [0.15, 0.2) is 36.5 Å². The van der Waals surface area contributed by atoms with Crippen LogP contribution >= 0.6 is 0 Å². The van der Waals surface area contributed by atoms with Crippen LogP contribution in [0, 0.1) is 0 Å². The molecule has 1 heterocycles. The van der Waals surface area contributed by atoms with Gasteiger partial charge in [-0.1, -0.05) is 12.1 Å². The van der Waals surface area contributed by atoms with E-state index in [1.54, 1.807) is 24.0 Å². The lowest BCUT2D eigenvalue weighted by Gasteiger charge is -2.21. The summed E-state index contributed by atoms with van der Waals surface area (Å²) in [5.41, 5.74) is 2.08. The van der Waals surface area contributed by atoms with Crippen molar-refractivity contribution in [2.24, 2.45) is 7.05 Å². The second-order valence-corrected chi connectivity index (χ2v) is 5.35. The maximum atomic E-state index is 11.8. The first-order chi connectivity index (χ1) is 11.5. The standard InChI is InChI=1S/C17H23N5O2/c1-4-22(5-2)14-8-6-13(7-9-14)12-18-16(23)17(24)19-15-10-11-21(3)20-15/h6-11H,4-5,12H2,1-3H3,(H,18,23)(H,19,20,24). The fourth-order valence-electron chi connectivity index (χ4n) is 2.33. The summed E-state index contributed by atoms with van der Waals surface area (Å²) >= 11 is 0. The van der Waals surface area contributed by atoms with Crippen LogP contribution in [0.2, 0.25) is 0 Å². The van der Waals surface area contributed by atoms with Gasteiger partial charge in [-0.2, -0.15) is 5.10 Å². The van der Waals surface area contributed by atoms with Crippen molar-refractivity contribution >= 4 is 23.3 Å². The molecule has 0 aliphatic carbocycles. The molecule has 1 aromatic carbocycles. The topological polar surface area (TPSA) is 79.3 Å². The van der Waals surface area contributed by atoms with E-state index in [1.807, 2.05) is 24.3 Å². The van der Waals surface area contributed by atoms with Gasteiger partial charge in [0.1, 0.15) is 0 Å². The summed E-state index contributed by atoms with van der Waals surface area (Å²) in [7, 11) is 1.73. The number of carbonyl (C=O) groups is 2. The number of carbonyl (C=O) groups excluding carboxylic acids is 2. The van der Waals surface area contributed by atoms with E-state index in [0.29, 0.717) is 12.4 Å². The highest BCUT2D eigenvalue weighted by Crippen LogP contribution is 2.14. The fraction of sp³-hybridized carbons (Fsp3) is 0.353. The van der Waals surface area contributed by atoms with Crippen molar-refractivity contribution in [2.45, 2.75) is 20.4 Å². The van der Waals surface area contributed by atoms with Gasteiger partial charge >= 0.3 is 11.8 Å². The number of aryl methyl sites for hydroxylation is 1. The first kappa shape index (κ1) is 17.5. The van der Waals surface area contributed by atoms with Crippen LogP contribution in [-0.2, 0) is 23.2 Å². The molecule has 1 aromatic heterocycles. The van der Waals surface area contributed by atoms with Gasteiger partial charge in [0.25, 0.3) is 0 Å². The molecule has 0 atom stereocenters. The summed E-state index contributed by atoms with van der Waals surface area (Å²) in [5, 5.41) is 9.05. The minimum atomic E-state index is -0.728. The molecule has 0 saturated carbocycles. The molecule has 0 radical (unpaired) electrons. The number of amides is 2. The van der Waals surface area contributed by atoms with Crippen LogP contribution in [0.1, 0.15) is 19.4 Å². The van der Waals surface area contributed by atoms with Crippen LogP contribution in [0.5, 0.6) is 0 Å². The minimum Gasteiger partial charge on any atom is -0.372 e. The first-order valence-corrected chi connectivity index (χ1v) is 7.96. The molecule has 0 unspecified atom stereocenters. The zero-order valence-corrected chi connectivity index (χ0v) is 14.2. The number of benzene rings is 1. The van der Waals surface area contributed by atoms with Crippen molar-refractivity contribution in [1.29, 1.82) is 0 Å². The van der Waals surface area contributed by atoms with Crippen molar-refractivity contribution in [2.75, 3.05) is 23.3 Å². The van der Waals surface area contributed by atoms with Crippen LogP contribution in [0.3, 0.4) is 0 Å². The second-order valence-electron chi connectivity index (χ2n) is 5.35. The van der Waals surface area contributed by atoms with Crippen LogP contribution in [0.4, 0.5) is 11.5 Å². The Morgan fingerprint density at radius 3 is 2.29 bits per heavy atom.